The van der Waals surface area contributed by atoms with Crippen LogP contribution < -0.4 is 0 Å². The van der Waals surface area contributed by atoms with Gasteiger partial charge in [-0.2, -0.15) is 0 Å². The topological polar surface area (TPSA) is 0 Å². The summed E-state index contributed by atoms with van der Waals surface area (Å²) >= 11 is 0. The number of rotatable bonds is 4. The molecule has 1 aromatic rings. The fraction of sp³-hybridized carbons (Fsp3) is 0.417. The molecule has 0 aliphatic heterocycles. The fourth-order valence-corrected chi connectivity index (χ4v) is 1.44. The lowest BCUT2D eigenvalue weighted by molar-refractivity contribution is 0.489. The first-order valence-electron chi connectivity index (χ1n) is 4.93. The van der Waals surface area contributed by atoms with Gasteiger partial charge < -0.3 is 0 Å². The minimum atomic E-state index is -0.785. The third kappa shape index (κ3) is 2.53. The molecule has 1 rings (SSSR count). The standard InChI is InChI=1S/C12H15F2/c1-3-4-6-9(2)10-7-5-8-11(13)12(10)14/h5,7-9H,2-4,6H2,1H3. The van der Waals surface area contributed by atoms with Crippen molar-refractivity contribution in [1.82, 2.24) is 0 Å². The second-order valence-corrected chi connectivity index (χ2v) is 3.48. The molecular formula is C12H15F2. The smallest absolute Gasteiger partial charge is 0.162 e. The Balaban J connectivity index is 2.79. The number of benzene rings is 1. The van der Waals surface area contributed by atoms with E-state index in [-0.39, 0.29) is 5.92 Å². The van der Waals surface area contributed by atoms with Crippen molar-refractivity contribution in [2.24, 2.45) is 0 Å². The van der Waals surface area contributed by atoms with Gasteiger partial charge in [0.05, 0.1) is 0 Å². The highest BCUT2D eigenvalue weighted by molar-refractivity contribution is 5.23. The van der Waals surface area contributed by atoms with E-state index in [0.29, 0.717) is 5.56 Å². The summed E-state index contributed by atoms with van der Waals surface area (Å²) in [5.74, 6) is -1.68. The molecule has 0 aliphatic carbocycles. The lowest BCUT2D eigenvalue weighted by atomic mass is 9.95. The normalized spacial score (nSPS) is 12.9. The van der Waals surface area contributed by atoms with Crippen molar-refractivity contribution in [3.05, 3.63) is 42.3 Å². The summed E-state index contributed by atoms with van der Waals surface area (Å²) < 4.78 is 26.1. The summed E-state index contributed by atoms with van der Waals surface area (Å²) in [6.07, 6.45) is 2.84. The molecular weight excluding hydrogens is 182 g/mol. The van der Waals surface area contributed by atoms with Gasteiger partial charge in [0.1, 0.15) is 0 Å². The van der Waals surface area contributed by atoms with Crippen molar-refractivity contribution in [3.63, 3.8) is 0 Å². The van der Waals surface area contributed by atoms with Crippen molar-refractivity contribution in [1.29, 1.82) is 0 Å². The Morgan fingerprint density at radius 2 is 2.07 bits per heavy atom. The largest absolute Gasteiger partial charge is 0.204 e. The molecule has 0 N–H and O–H groups in total. The average molecular weight is 197 g/mol. The Morgan fingerprint density at radius 3 is 2.71 bits per heavy atom. The molecule has 1 radical (unpaired) electrons. The van der Waals surface area contributed by atoms with Crippen LogP contribution in [-0.4, -0.2) is 0 Å². The highest BCUT2D eigenvalue weighted by Gasteiger charge is 2.13. The van der Waals surface area contributed by atoms with Crippen molar-refractivity contribution in [2.45, 2.75) is 32.1 Å². The zero-order valence-electron chi connectivity index (χ0n) is 8.39. The van der Waals surface area contributed by atoms with Gasteiger partial charge in [-0.15, -0.1) is 0 Å². The minimum absolute atomic E-state index is 0.148. The van der Waals surface area contributed by atoms with Crippen LogP contribution in [0, 0.1) is 18.6 Å². The van der Waals surface area contributed by atoms with Gasteiger partial charge in [0.25, 0.3) is 0 Å². The first kappa shape index (κ1) is 11.2. The second kappa shape index (κ2) is 5.08. The van der Waals surface area contributed by atoms with E-state index < -0.39 is 11.6 Å². The molecule has 0 aromatic heterocycles. The predicted octanol–water partition coefficient (Wildman–Crippen LogP) is 4.07. The van der Waals surface area contributed by atoms with E-state index in [4.69, 9.17) is 0 Å². The lowest BCUT2D eigenvalue weighted by Crippen LogP contribution is -1.99. The Bertz CT molecular complexity index is 294. The number of halogens is 2. The summed E-state index contributed by atoms with van der Waals surface area (Å²) in [6.45, 7) is 5.91. The maximum atomic E-state index is 13.3. The number of hydrogen-bond donors (Lipinski definition) is 0. The SMILES string of the molecule is [CH2]C(CCCC)c1cccc(F)c1F. The molecule has 0 bridgehead atoms. The van der Waals surface area contributed by atoms with Crippen LogP contribution in [0.3, 0.4) is 0 Å². The Labute approximate surface area is 84.0 Å². The predicted molar refractivity (Wildman–Crippen MR) is 54.0 cm³/mol. The van der Waals surface area contributed by atoms with Gasteiger partial charge >= 0.3 is 0 Å². The molecule has 1 unspecified atom stereocenters. The van der Waals surface area contributed by atoms with Gasteiger partial charge in [-0.3, -0.25) is 0 Å². The monoisotopic (exact) mass is 197 g/mol. The molecule has 1 atom stereocenters. The van der Waals surface area contributed by atoms with E-state index in [1.54, 1.807) is 6.07 Å². The van der Waals surface area contributed by atoms with Crippen LogP contribution in [0.2, 0.25) is 0 Å². The second-order valence-electron chi connectivity index (χ2n) is 3.48. The van der Waals surface area contributed by atoms with E-state index in [1.807, 2.05) is 0 Å². The minimum Gasteiger partial charge on any atom is -0.204 e. The lowest BCUT2D eigenvalue weighted by Gasteiger charge is -2.11. The molecule has 0 saturated carbocycles. The highest BCUT2D eigenvalue weighted by Crippen LogP contribution is 2.24. The molecule has 14 heavy (non-hydrogen) atoms. The molecule has 0 nitrogen and oxygen atoms in total. The van der Waals surface area contributed by atoms with Crippen LogP contribution >= 0.6 is 0 Å². The molecule has 0 aliphatic rings. The third-order valence-corrected chi connectivity index (χ3v) is 2.33. The highest BCUT2D eigenvalue weighted by atomic mass is 19.2. The summed E-state index contributed by atoms with van der Waals surface area (Å²) in [4.78, 5) is 0. The molecule has 0 spiro atoms. The van der Waals surface area contributed by atoms with Crippen LogP contribution in [0.5, 0.6) is 0 Å². The fourth-order valence-electron chi connectivity index (χ4n) is 1.44. The maximum absolute atomic E-state index is 13.3. The Morgan fingerprint density at radius 1 is 1.36 bits per heavy atom. The molecule has 0 saturated heterocycles. The van der Waals surface area contributed by atoms with E-state index in [1.165, 1.54) is 6.07 Å². The zero-order valence-corrected chi connectivity index (χ0v) is 8.39. The summed E-state index contributed by atoms with van der Waals surface area (Å²) in [5.41, 5.74) is 0.387. The van der Waals surface area contributed by atoms with Crippen LogP contribution in [0.15, 0.2) is 18.2 Å². The number of unbranched alkanes of at least 4 members (excludes halogenated alkanes) is 1. The third-order valence-electron chi connectivity index (χ3n) is 2.33. The van der Waals surface area contributed by atoms with Crippen molar-refractivity contribution in [3.8, 4) is 0 Å². The van der Waals surface area contributed by atoms with Crippen LogP contribution in [0.1, 0.15) is 37.7 Å². The first-order chi connectivity index (χ1) is 6.66. The van der Waals surface area contributed by atoms with Gasteiger partial charge in [0.2, 0.25) is 0 Å². The van der Waals surface area contributed by atoms with Crippen LogP contribution in [0.4, 0.5) is 8.78 Å². The first-order valence-corrected chi connectivity index (χ1v) is 4.93. The van der Waals surface area contributed by atoms with Crippen LogP contribution in [0.25, 0.3) is 0 Å². The van der Waals surface area contributed by atoms with E-state index in [0.717, 1.165) is 25.3 Å². The molecule has 0 heterocycles. The summed E-state index contributed by atoms with van der Waals surface area (Å²) in [5, 5.41) is 0. The molecule has 0 amide bonds. The van der Waals surface area contributed by atoms with E-state index in [9.17, 15) is 8.78 Å². The van der Waals surface area contributed by atoms with Gasteiger partial charge in [-0.05, 0) is 30.9 Å². The van der Waals surface area contributed by atoms with Gasteiger partial charge in [-0.1, -0.05) is 31.9 Å². The van der Waals surface area contributed by atoms with Crippen molar-refractivity contribution in [2.75, 3.05) is 0 Å². The molecule has 0 fully saturated rings. The zero-order chi connectivity index (χ0) is 10.6. The molecule has 77 valence electrons. The van der Waals surface area contributed by atoms with Crippen molar-refractivity contribution < 1.29 is 8.78 Å². The molecule has 2 heteroatoms. The quantitative estimate of drug-likeness (QED) is 0.682. The van der Waals surface area contributed by atoms with Gasteiger partial charge in [0, 0.05) is 0 Å². The maximum Gasteiger partial charge on any atom is 0.162 e. The average Bonchev–Trinajstić information content (AvgIpc) is 2.18. The van der Waals surface area contributed by atoms with Gasteiger partial charge in [-0.25, -0.2) is 8.78 Å². The van der Waals surface area contributed by atoms with E-state index in [2.05, 4.69) is 13.8 Å². The van der Waals surface area contributed by atoms with Crippen LogP contribution in [-0.2, 0) is 0 Å². The molecule has 1 aromatic carbocycles. The Hall–Kier alpha value is -0.920. The summed E-state index contributed by atoms with van der Waals surface area (Å²) in [6, 6.07) is 4.26. The van der Waals surface area contributed by atoms with Gasteiger partial charge in [0.15, 0.2) is 11.6 Å². The van der Waals surface area contributed by atoms with E-state index >= 15 is 0 Å². The Kier molecular flexibility index (Phi) is 4.05. The number of hydrogen-bond acceptors (Lipinski definition) is 0. The van der Waals surface area contributed by atoms with Crippen molar-refractivity contribution >= 4 is 0 Å². The summed E-state index contributed by atoms with van der Waals surface area (Å²) in [7, 11) is 0.